The molecule has 0 aliphatic rings. The van der Waals surface area contributed by atoms with E-state index in [2.05, 4.69) is 6.92 Å². The second kappa shape index (κ2) is 7.53. The Balaban J connectivity index is 3.35. The quantitative estimate of drug-likeness (QED) is 0.500. The van der Waals surface area contributed by atoms with Crippen molar-refractivity contribution in [2.45, 2.75) is 51.2 Å². The van der Waals surface area contributed by atoms with E-state index in [1.54, 1.807) is 0 Å². The van der Waals surface area contributed by atoms with Crippen LogP contribution in [-0.4, -0.2) is 34.1 Å². The molecule has 0 amide bonds. The third kappa shape index (κ3) is 5.52. The van der Waals surface area contributed by atoms with Crippen LogP contribution < -0.4 is 0 Å². The number of aliphatic hydroxyl groups excluding tert-OH is 3. The molecule has 2 atom stereocenters. The largest absolute Gasteiger partial charge is 0.396 e. The second-order valence-corrected chi connectivity index (χ2v) is 3.14. The summed E-state index contributed by atoms with van der Waals surface area (Å²) in [4.78, 5) is 0. The summed E-state index contributed by atoms with van der Waals surface area (Å²) in [6, 6.07) is 0. The average Bonchev–Trinajstić information content (AvgIpc) is 2.05. The third-order valence-corrected chi connectivity index (χ3v) is 1.97. The van der Waals surface area contributed by atoms with E-state index in [1.165, 1.54) is 0 Å². The first-order valence-electron chi connectivity index (χ1n) is 4.69. The molecule has 3 heteroatoms. The zero-order valence-electron chi connectivity index (χ0n) is 7.74. The predicted octanol–water partition coefficient (Wildman–Crippen LogP) is 0.671. The summed E-state index contributed by atoms with van der Waals surface area (Å²) in [5.74, 6) is 0. The van der Waals surface area contributed by atoms with Gasteiger partial charge in [0.2, 0.25) is 0 Å². The van der Waals surface area contributed by atoms with E-state index in [1.807, 2.05) is 0 Å². The minimum atomic E-state index is -0.758. The first-order chi connectivity index (χ1) is 5.72. The lowest BCUT2D eigenvalue weighted by Crippen LogP contribution is -2.26. The van der Waals surface area contributed by atoms with E-state index < -0.39 is 12.2 Å². The highest BCUT2D eigenvalue weighted by atomic mass is 16.3. The molecular weight excluding hydrogens is 156 g/mol. The number of unbranched alkanes of at least 4 members (excludes halogenated alkanes) is 2. The van der Waals surface area contributed by atoms with Crippen LogP contribution in [0.25, 0.3) is 0 Å². The molecule has 3 nitrogen and oxygen atoms in total. The average molecular weight is 176 g/mol. The van der Waals surface area contributed by atoms with Gasteiger partial charge in [0.25, 0.3) is 0 Å². The standard InChI is InChI=1S/C9H20O3/c1-2-3-4-5-8(11)9(12)6-7-10/h8-12H,2-7H2,1H3/t8-,9-/m0/s1. The van der Waals surface area contributed by atoms with E-state index >= 15 is 0 Å². The Kier molecular flexibility index (Phi) is 7.45. The first-order valence-corrected chi connectivity index (χ1v) is 4.69. The monoisotopic (exact) mass is 176 g/mol. The van der Waals surface area contributed by atoms with E-state index in [0.717, 1.165) is 19.3 Å². The summed E-state index contributed by atoms with van der Waals surface area (Å²) in [5.41, 5.74) is 0. The molecule has 12 heavy (non-hydrogen) atoms. The number of hydrogen-bond acceptors (Lipinski definition) is 3. The topological polar surface area (TPSA) is 60.7 Å². The van der Waals surface area contributed by atoms with Crippen LogP contribution in [0, 0.1) is 0 Å². The van der Waals surface area contributed by atoms with Gasteiger partial charge < -0.3 is 15.3 Å². The maximum Gasteiger partial charge on any atom is 0.0820 e. The fourth-order valence-corrected chi connectivity index (χ4v) is 1.12. The van der Waals surface area contributed by atoms with Crippen LogP contribution in [0.2, 0.25) is 0 Å². The van der Waals surface area contributed by atoms with Crippen molar-refractivity contribution in [1.82, 2.24) is 0 Å². The van der Waals surface area contributed by atoms with Crippen molar-refractivity contribution in [1.29, 1.82) is 0 Å². The van der Waals surface area contributed by atoms with Crippen LogP contribution in [0.1, 0.15) is 39.0 Å². The van der Waals surface area contributed by atoms with Crippen LogP contribution in [0.5, 0.6) is 0 Å². The molecule has 0 saturated carbocycles. The smallest absolute Gasteiger partial charge is 0.0820 e. The molecule has 0 radical (unpaired) electrons. The lowest BCUT2D eigenvalue weighted by Gasteiger charge is -2.16. The van der Waals surface area contributed by atoms with Gasteiger partial charge in [0.1, 0.15) is 0 Å². The van der Waals surface area contributed by atoms with Gasteiger partial charge in [-0.3, -0.25) is 0 Å². The molecule has 0 heterocycles. The Morgan fingerprint density at radius 3 is 2.08 bits per heavy atom. The first kappa shape index (κ1) is 11.9. The highest BCUT2D eigenvalue weighted by molar-refractivity contribution is 4.66. The molecule has 3 N–H and O–H groups in total. The van der Waals surface area contributed by atoms with Crippen molar-refractivity contribution >= 4 is 0 Å². The Morgan fingerprint density at radius 2 is 1.58 bits per heavy atom. The summed E-state index contributed by atoms with van der Waals surface area (Å²) in [7, 11) is 0. The van der Waals surface area contributed by atoms with Gasteiger partial charge in [-0.2, -0.15) is 0 Å². The van der Waals surface area contributed by atoms with Crippen molar-refractivity contribution in [3.05, 3.63) is 0 Å². The molecular formula is C9H20O3. The molecule has 0 aromatic rings. The Labute approximate surface area is 74.0 Å². The van der Waals surface area contributed by atoms with Crippen LogP contribution in [0.3, 0.4) is 0 Å². The molecule has 0 spiro atoms. The summed E-state index contributed by atoms with van der Waals surface area (Å²) >= 11 is 0. The predicted molar refractivity (Wildman–Crippen MR) is 47.9 cm³/mol. The zero-order chi connectivity index (χ0) is 9.40. The van der Waals surface area contributed by atoms with Crippen molar-refractivity contribution in [3.63, 3.8) is 0 Å². The Morgan fingerprint density at radius 1 is 1.00 bits per heavy atom. The molecule has 0 rings (SSSR count). The molecule has 0 aliphatic heterocycles. The van der Waals surface area contributed by atoms with Gasteiger partial charge in [-0.15, -0.1) is 0 Å². The lowest BCUT2D eigenvalue weighted by atomic mass is 10.0. The lowest BCUT2D eigenvalue weighted by molar-refractivity contribution is -0.0000467. The van der Waals surface area contributed by atoms with E-state index in [-0.39, 0.29) is 13.0 Å². The van der Waals surface area contributed by atoms with Gasteiger partial charge >= 0.3 is 0 Å². The van der Waals surface area contributed by atoms with Crippen molar-refractivity contribution in [3.8, 4) is 0 Å². The fraction of sp³-hybridized carbons (Fsp3) is 1.00. The minimum absolute atomic E-state index is 0.0635. The molecule has 0 saturated heterocycles. The molecule has 0 aromatic heterocycles. The maximum atomic E-state index is 9.31. The van der Waals surface area contributed by atoms with Crippen LogP contribution in [0.4, 0.5) is 0 Å². The van der Waals surface area contributed by atoms with Crippen LogP contribution in [0.15, 0.2) is 0 Å². The molecule has 0 unspecified atom stereocenters. The van der Waals surface area contributed by atoms with Crippen molar-refractivity contribution in [2.24, 2.45) is 0 Å². The number of hydrogen-bond donors (Lipinski definition) is 3. The van der Waals surface area contributed by atoms with E-state index in [0.29, 0.717) is 6.42 Å². The minimum Gasteiger partial charge on any atom is -0.396 e. The van der Waals surface area contributed by atoms with Gasteiger partial charge in [-0.25, -0.2) is 0 Å². The SMILES string of the molecule is CCCCC[C@H](O)[C@@H](O)CCO. The summed E-state index contributed by atoms with van der Waals surface area (Å²) in [6.07, 6.45) is 2.63. The molecule has 0 aliphatic carbocycles. The number of aliphatic hydroxyl groups is 3. The highest BCUT2D eigenvalue weighted by Crippen LogP contribution is 2.08. The summed E-state index contributed by atoms with van der Waals surface area (Å²) < 4.78 is 0. The van der Waals surface area contributed by atoms with Crippen molar-refractivity contribution in [2.75, 3.05) is 6.61 Å². The van der Waals surface area contributed by atoms with Gasteiger partial charge in [0, 0.05) is 6.61 Å². The van der Waals surface area contributed by atoms with Gasteiger partial charge in [-0.05, 0) is 12.8 Å². The molecule has 0 bridgehead atoms. The highest BCUT2D eigenvalue weighted by Gasteiger charge is 2.14. The van der Waals surface area contributed by atoms with Gasteiger partial charge in [0.05, 0.1) is 12.2 Å². The fourth-order valence-electron chi connectivity index (χ4n) is 1.12. The molecule has 0 fully saturated rings. The normalized spacial score (nSPS) is 16.0. The Hall–Kier alpha value is -0.120. The third-order valence-electron chi connectivity index (χ3n) is 1.97. The summed E-state index contributed by atoms with van der Waals surface area (Å²) in [6.45, 7) is 2.03. The molecule has 74 valence electrons. The van der Waals surface area contributed by atoms with Crippen LogP contribution in [-0.2, 0) is 0 Å². The van der Waals surface area contributed by atoms with Crippen molar-refractivity contribution < 1.29 is 15.3 Å². The second-order valence-electron chi connectivity index (χ2n) is 3.14. The van der Waals surface area contributed by atoms with E-state index in [9.17, 15) is 10.2 Å². The van der Waals surface area contributed by atoms with Gasteiger partial charge in [-0.1, -0.05) is 26.2 Å². The molecule has 0 aromatic carbocycles. The maximum absolute atomic E-state index is 9.31. The summed E-state index contributed by atoms with van der Waals surface area (Å²) in [5, 5.41) is 27.0. The number of rotatable bonds is 7. The zero-order valence-corrected chi connectivity index (χ0v) is 7.74. The van der Waals surface area contributed by atoms with Crippen LogP contribution >= 0.6 is 0 Å². The van der Waals surface area contributed by atoms with Gasteiger partial charge in [0.15, 0.2) is 0 Å². The Bertz CT molecular complexity index is 95.8. The van der Waals surface area contributed by atoms with E-state index in [4.69, 9.17) is 5.11 Å².